The zero-order valence-corrected chi connectivity index (χ0v) is 15.8. The maximum absolute atomic E-state index is 12.1. The van der Waals surface area contributed by atoms with Crippen LogP contribution in [0.25, 0.3) is 0 Å². The summed E-state index contributed by atoms with van der Waals surface area (Å²) in [5.74, 6) is 1.03. The summed E-state index contributed by atoms with van der Waals surface area (Å²) in [6.45, 7) is 6.79. The summed E-state index contributed by atoms with van der Waals surface area (Å²) < 4.78 is 5.76. The Hall–Kier alpha value is -2.49. The van der Waals surface area contributed by atoms with Gasteiger partial charge in [-0.15, -0.1) is 0 Å². The average molecular weight is 340 g/mol. The minimum atomic E-state index is -0.118. The monoisotopic (exact) mass is 340 g/mol. The van der Waals surface area contributed by atoms with Gasteiger partial charge < -0.3 is 15.0 Å². The molecule has 0 radical (unpaired) electrons. The molecule has 2 rings (SSSR count). The lowest BCUT2D eigenvalue weighted by Crippen LogP contribution is -2.28. The molecular weight excluding hydrogens is 312 g/mol. The second-order valence-corrected chi connectivity index (χ2v) is 6.82. The van der Waals surface area contributed by atoms with Crippen LogP contribution in [0.15, 0.2) is 42.5 Å². The Kier molecular flexibility index (Phi) is 6.45. The zero-order valence-electron chi connectivity index (χ0n) is 15.8. The van der Waals surface area contributed by atoms with Gasteiger partial charge in [0.05, 0.1) is 0 Å². The van der Waals surface area contributed by atoms with E-state index in [0.717, 1.165) is 28.1 Å². The average Bonchev–Trinajstić information content (AvgIpc) is 2.58. The molecule has 0 spiro atoms. The summed E-state index contributed by atoms with van der Waals surface area (Å²) in [7, 11) is 4.01. The first-order chi connectivity index (χ1) is 11.9. The summed E-state index contributed by atoms with van der Waals surface area (Å²) in [6, 6.07) is 14.3. The fourth-order valence-electron chi connectivity index (χ4n) is 2.55. The first kappa shape index (κ1) is 18.8. The molecule has 4 nitrogen and oxygen atoms in total. The van der Waals surface area contributed by atoms with E-state index in [2.05, 4.69) is 31.3 Å². The van der Waals surface area contributed by atoms with Gasteiger partial charge in [0.15, 0.2) is 6.61 Å². The molecule has 0 aromatic heterocycles. The van der Waals surface area contributed by atoms with Crippen LogP contribution in [0.4, 0.5) is 5.69 Å². The number of benzene rings is 2. The Morgan fingerprint density at radius 3 is 2.40 bits per heavy atom. The molecule has 0 heterocycles. The van der Waals surface area contributed by atoms with Gasteiger partial charge in [-0.05, 0) is 47.7 Å². The predicted molar refractivity (Wildman–Crippen MR) is 103 cm³/mol. The second kappa shape index (κ2) is 8.56. The predicted octanol–water partition coefficient (Wildman–Crippen LogP) is 3.88. The number of carbonyl (C=O) groups is 1. The molecule has 0 saturated heterocycles. The lowest BCUT2D eigenvalue weighted by molar-refractivity contribution is -0.123. The topological polar surface area (TPSA) is 41.6 Å². The van der Waals surface area contributed by atoms with Gasteiger partial charge >= 0.3 is 0 Å². The molecule has 2 aromatic carbocycles. The van der Waals surface area contributed by atoms with Crippen LogP contribution in [0.5, 0.6) is 5.75 Å². The third-order valence-electron chi connectivity index (χ3n) is 4.09. The quantitative estimate of drug-likeness (QED) is 0.832. The fraction of sp³-hybridized carbons (Fsp3) is 0.381. The SMILES string of the molecule is Cc1ccc(C(C)C)c(OCC(=O)NCc2ccc(N(C)C)cc2)c1. The molecule has 0 aliphatic carbocycles. The van der Waals surface area contributed by atoms with Crippen molar-refractivity contribution in [3.63, 3.8) is 0 Å². The molecule has 2 aromatic rings. The lowest BCUT2D eigenvalue weighted by atomic mass is 10.0. The molecule has 0 saturated carbocycles. The molecule has 0 unspecified atom stereocenters. The van der Waals surface area contributed by atoms with Crippen LogP contribution in [0.3, 0.4) is 0 Å². The number of ether oxygens (including phenoxy) is 1. The van der Waals surface area contributed by atoms with Gasteiger partial charge in [-0.3, -0.25) is 4.79 Å². The second-order valence-electron chi connectivity index (χ2n) is 6.82. The van der Waals surface area contributed by atoms with Gasteiger partial charge in [-0.1, -0.05) is 38.1 Å². The van der Waals surface area contributed by atoms with E-state index in [-0.39, 0.29) is 12.5 Å². The van der Waals surface area contributed by atoms with Crippen molar-refractivity contribution >= 4 is 11.6 Å². The van der Waals surface area contributed by atoms with Gasteiger partial charge in [0.1, 0.15) is 5.75 Å². The number of carbonyl (C=O) groups excluding carboxylic acids is 1. The summed E-state index contributed by atoms with van der Waals surface area (Å²) in [4.78, 5) is 14.1. The largest absolute Gasteiger partial charge is 0.483 e. The summed E-state index contributed by atoms with van der Waals surface area (Å²) in [6.07, 6.45) is 0. The number of nitrogens with zero attached hydrogens (tertiary/aromatic N) is 1. The van der Waals surface area contributed by atoms with Crippen molar-refractivity contribution in [1.29, 1.82) is 0 Å². The highest BCUT2D eigenvalue weighted by Gasteiger charge is 2.10. The van der Waals surface area contributed by atoms with E-state index in [1.165, 1.54) is 0 Å². The van der Waals surface area contributed by atoms with Crippen LogP contribution in [-0.2, 0) is 11.3 Å². The van der Waals surface area contributed by atoms with E-state index >= 15 is 0 Å². The van der Waals surface area contributed by atoms with E-state index in [4.69, 9.17) is 4.74 Å². The van der Waals surface area contributed by atoms with Crippen molar-refractivity contribution in [2.45, 2.75) is 33.2 Å². The fourth-order valence-corrected chi connectivity index (χ4v) is 2.55. The molecule has 1 N–H and O–H groups in total. The lowest BCUT2D eigenvalue weighted by Gasteiger charge is -2.15. The molecule has 1 amide bonds. The van der Waals surface area contributed by atoms with E-state index in [9.17, 15) is 4.79 Å². The first-order valence-electron chi connectivity index (χ1n) is 8.63. The molecule has 0 bridgehead atoms. The van der Waals surface area contributed by atoms with E-state index in [0.29, 0.717) is 12.5 Å². The van der Waals surface area contributed by atoms with Crippen LogP contribution in [0.1, 0.15) is 36.5 Å². The molecule has 4 heteroatoms. The van der Waals surface area contributed by atoms with Gasteiger partial charge in [-0.2, -0.15) is 0 Å². The number of amides is 1. The summed E-state index contributed by atoms with van der Waals surface area (Å²) in [5.41, 5.74) is 4.45. The summed E-state index contributed by atoms with van der Waals surface area (Å²) in [5, 5.41) is 2.90. The van der Waals surface area contributed by atoms with Crippen LogP contribution >= 0.6 is 0 Å². The molecule has 0 aliphatic rings. The summed E-state index contributed by atoms with van der Waals surface area (Å²) >= 11 is 0. The van der Waals surface area contributed by atoms with Gasteiger partial charge in [0, 0.05) is 26.3 Å². The van der Waals surface area contributed by atoms with Crippen molar-refractivity contribution in [1.82, 2.24) is 5.32 Å². The smallest absolute Gasteiger partial charge is 0.258 e. The molecular formula is C21H28N2O2. The van der Waals surface area contributed by atoms with Crippen molar-refractivity contribution in [2.24, 2.45) is 0 Å². The Morgan fingerprint density at radius 1 is 1.12 bits per heavy atom. The number of rotatable bonds is 7. The van der Waals surface area contributed by atoms with Crippen molar-refractivity contribution < 1.29 is 9.53 Å². The maximum Gasteiger partial charge on any atom is 0.258 e. The minimum absolute atomic E-state index is 0.0267. The Bertz CT molecular complexity index is 706. The third kappa shape index (κ3) is 5.52. The highest BCUT2D eigenvalue weighted by molar-refractivity contribution is 5.77. The van der Waals surface area contributed by atoms with E-state index < -0.39 is 0 Å². The minimum Gasteiger partial charge on any atom is -0.483 e. The van der Waals surface area contributed by atoms with E-state index in [1.807, 2.05) is 56.3 Å². The van der Waals surface area contributed by atoms with Crippen LogP contribution in [0, 0.1) is 6.92 Å². The molecule has 0 aliphatic heterocycles. The van der Waals surface area contributed by atoms with Crippen molar-refractivity contribution in [3.05, 3.63) is 59.2 Å². The maximum atomic E-state index is 12.1. The van der Waals surface area contributed by atoms with Crippen molar-refractivity contribution in [2.75, 3.05) is 25.6 Å². The molecule has 134 valence electrons. The zero-order chi connectivity index (χ0) is 18.4. The molecule has 0 atom stereocenters. The highest BCUT2D eigenvalue weighted by Crippen LogP contribution is 2.27. The standard InChI is InChI=1S/C21H28N2O2/c1-15(2)19-11-6-16(3)12-20(19)25-14-21(24)22-13-17-7-9-18(10-8-17)23(4)5/h6-12,15H,13-14H2,1-5H3,(H,22,24). The third-order valence-corrected chi connectivity index (χ3v) is 4.09. The Morgan fingerprint density at radius 2 is 1.80 bits per heavy atom. The number of hydrogen-bond acceptors (Lipinski definition) is 3. The normalized spacial score (nSPS) is 10.6. The van der Waals surface area contributed by atoms with E-state index in [1.54, 1.807) is 0 Å². The van der Waals surface area contributed by atoms with Crippen LogP contribution in [0.2, 0.25) is 0 Å². The van der Waals surface area contributed by atoms with Gasteiger partial charge in [0.2, 0.25) is 0 Å². The van der Waals surface area contributed by atoms with Crippen LogP contribution in [-0.4, -0.2) is 26.6 Å². The first-order valence-corrected chi connectivity index (χ1v) is 8.63. The van der Waals surface area contributed by atoms with Crippen molar-refractivity contribution in [3.8, 4) is 5.75 Å². The van der Waals surface area contributed by atoms with Crippen LogP contribution < -0.4 is 15.0 Å². The highest BCUT2D eigenvalue weighted by atomic mass is 16.5. The van der Waals surface area contributed by atoms with Gasteiger partial charge in [0.25, 0.3) is 5.91 Å². The van der Waals surface area contributed by atoms with Gasteiger partial charge in [-0.25, -0.2) is 0 Å². The number of anilines is 1. The Balaban J connectivity index is 1.88. The molecule has 0 fully saturated rings. The number of aryl methyl sites for hydroxylation is 1. The molecule has 25 heavy (non-hydrogen) atoms. The number of hydrogen-bond donors (Lipinski definition) is 1. The Labute approximate surface area is 150 Å². The number of nitrogens with one attached hydrogen (secondary N) is 1.